The molecule has 5 amide bonds. The van der Waals surface area contributed by atoms with E-state index in [1.165, 1.54) is 11.0 Å². The van der Waals surface area contributed by atoms with E-state index in [1.54, 1.807) is 30.3 Å². The number of piperidine rings is 3. The fourth-order valence-corrected chi connectivity index (χ4v) is 10.1. The number of imide groups is 2. The molecule has 1 aromatic heterocycles. The van der Waals surface area contributed by atoms with Crippen molar-refractivity contribution in [3.8, 4) is 11.8 Å². The van der Waals surface area contributed by atoms with Crippen molar-refractivity contribution >= 4 is 52.6 Å². The van der Waals surface area contributed by atoms with Crippen molar-refractivity contribution in [3.05, 3.63) is 75.7 Å². The Hall–Kier alpha value is -5.66. The quantitative estimate of drug-likeness (QED) is 0.307. The summed E-state index contributed by atoms with van der Waals surface area (Å²) in [7, 11) is 0. The highest BCUT2D eigenvalue weighted by molar-refractivity contribution is 6.31. The van der Waals surface area contributed by atoms with Gasteiger partial charge in [0, 0.05) is 63.3 Å². The van der Waals surface area contributed by atoms with Crippen LogP contribution in [0.2, 0.25) is 5.02 Å². The molecule has 6 fully saturated rings. The van der Waals surface area contributed by atoms with Gasteiger partial charge in [-0.05, 0) is 93.7 Å². The first kappa shape index (κ1) is 38.8. The van der Waals surface area contributed by atoms with E-state index in [0.717, 1.165) is 55.7 Å². The third-order valence-electron chi connectivity index (χ3n) is 13.1. The molecule has 7 aliphatic rings. The summed E-state index contributed by atoms with van der Waals surface area (Å²) in [6.45, 7) is 3.77. The molecular weight excluding hydrogens is 781 g/mol. The maximum absolute atomic E-state index is 15.9. The molecule has 15 nitrogen and oxygen atoms in total. The second kappa shape index (κ2) is 15.5. The Bertz CT molecular complexity index is 2260. The van der Waals surface area contributed by atoms with E-state index < -0.39 is 41.5 Å². The van der Waals surface area contributed by atoms with Crippen molar-refractivity contribution in [2.24, 2.45) is 11.7 Å². The number of halogens is 2. The lowest BCUT2D eigenvalue weighted by atomic mass is 9.84. The zero-order valence-corrected chi connectivity index (χ0v) is 33.0. The van der Waals surface area contributed by atoms with Crippen LogP contribution in [0.15, 0.2) is 42.5 Å². The maximum Gasteiger partial charge on any atom is 0.269 e. The van der Waals surface area contributed by atoms with Crippen LogP contribution in [0.1, 0.15) is 94.6 Å². The van der Waals surface area contributed by atoms with Crippen LogP contribution in [0.5, 0.6) is 5.75 Å². The van der Waals surface area contributed by atoms with E-state index in [4.69, 9.17) is 27.3 Å². The second-order valence-electron chi connectivity index (χ2n) is 16.5. The lowest BCUT2D eigenvalue weighted by Gasteiger charge is -2.58. The predicted molar refractivity (Wildman–Crippen MR) is 211 cm³/mol. The van der Waals surface area contributed by atoms with E-state index in [1.807, 2.05) is 11.0 Å². The average molecular weight is 824 g/mol. The molecule has 59 heavy (non-hydrogen) atoms. The molecule has 5 saturated heterocycles. The van der Waals surface area contributed by atoms with Crippen molar-refractivity contribution < 1.29 is 33.1 Å². The minimum Gasteiger partial charge on any atom is -0.490 e. The van der Waals surface area contributed by atoms with Crippen LogP contribution < -0.4 is 20.3 Å². The minimum absolute atomic E-state index is 0.00333. The molecular formula is C42H43ClFN9O6. The van der Waals surface area contributed by atoms with Gasteiger partial charge in [-0.15, -0.1) is 10.2 Å². The van der Waals surface area contributed by atoms with Crippen molar-refractivity contribution in [1.29, 1.82) is 5.26 Å². The van der Waals surface area contributed by atoms with Crippen LogP contribution in [-0.2, 0) is 9.59 Å². The summed E-state index contributed by atoms with van der Waals surface area (Å²) in [6.07, 6.45) is 4.87. The molecule has 0 spiro atoms. The standard InChI is InChI=1S/C42H43ClFN9O6/c43-32-16-29(4-1-24(32)19-45)59-28-5-2-25(3-6-28)52-38(54)10-8-35(42(52)58)53-40(56)30-17-33(44)36(18-31(30)41(53)57)50-21-26-15-27(22-50)51(26)20-23-11-13-49(14-12-23)37-9-7-34(39(46)55)47-48-37/h1,4,7,9,16-18,23,25-28,35H,2-3,5-6,8,10-15,20-22H2,(H2,46,55)/t25?,26-,27-,28?,35-/m1/s1. The van der Waals surface area contributed by atoms with Gasteiger partial charge in [-0.2, -0.15) is 5.26 Å². The Balaban J connectivity index is 0.807. The molecule has 2 N–H and O–H groups in total. The fraction of sp³-hybridized carbons (Fsp3) is 0.476. The molecule has 0 unspecified atom stereocenters. The highest BCUT2D eigenvalue weighted by Crippen LogP contribution is 2.40. The smallest absolute Gasteiger partial charge is 0.269 e. The molecule has 17 heteroatoms. The highest BCUT2D eigenvalue weighted by Gasteiger charge is 2.50. The summed E-state index contributed by atoms with van der Waals surface area (Å²) in [5, 5.41) is 17.6. The number of benzene rings is 2. The first-order valence-electron chi connectivity index (χ1n) is 20.3. The van der Waals surface area contributed by atoms with Gasteiger partial charge >= 0.3 is 0 Å². The Morgan fingerprint density at radius 3 is 2.22 bits per heavy atom. The highest BCUT2D eigenvalue weighted by atomic mass is 35.5. The number of fused-ring (bicyclic) bond motifs is 3. The molecule has 6 aliphatic heterocycles. The second-order valence-corrected chi connectivity index (χ2v) is 16.9. The monoisotopic (exact) mass is 823 g/mol. The number of nitriles is 1. The number of amides is 5. The Labute approximate surface area is 344 Å². The number of hydrogen-bond acceptors (Lipinski definition) is 12. The van der Waals surface area contributed by atoms with Crippen LogP contribution in [0.25, 0.3) is 0 Å². The normalized spacial score (nSPS) is 26.2. The number of primary amides is 1. The van der Waals surface area contributed by atoms with Gasteiger partial charge < -0.3 is 20.3 Å². The Morgan fingerprint density at radius 2 is 1.58 bits per heavy atom. The van der Waals surface area contributed by atoms with Crippen LogP contribution >= 0.6 is 11.6 Å². The first-order chi connectivity index (χ1) is 28.5. The summed E-state index contributed by atoms with van der Waals surface area (Å²) in [5.41, 5.74) is 6.04. The topological polar surface area (TPSA) is 186 Å². The average Bonchev–Trinajstić information content (AvgIpc) is 3.47. The van der Waals surface area contributed by atoms with E-state index in [-0.39, 0.29) is 59.4 Å². The minimum atomic E-state index is -1.17. The number of rotatable bonds is 9. The number of piperazine rings is 1. The number of likely N-dealkylation sites (tertiary alicyclic amines) is 1. The van der Waals surface area contributed by atoms with Crippen LogP contribution in [0, 0.1) is 23.1 Å². The molecule has 2 aromatic carbocycles. The van der Waals surface area contributed by atoms with E-state index in [9.17, 15) is 24.0 Å². The zero-order valence-electron chi connectivity index (χ0n) is 32.3. The number of ether oxygens (including phenoxy) is 1. The van der Waals surface area contributed by atoms with Crippen molar-refractivity contribution in [3.63, 3.8) is 0 Å². The Kier molecular flexibility index (Phi) is 10.2. The van der Waals surface area contributed by atoms with Gasteiger partial charge in [0.05, 0.1) is 33.5 Å². The summed E-state index contributed by atoms with van der Waals surface area (Å²) in [4.78, 5) is 75.1. The van der Waals surface area contributed by atoms with E-state index in [2.05, 4.69) is 20.0 Å². The number of nitrogens with zero attached hydrogens (tertiary/aromatic N) is 8. The van der Waals surface area contributed by atoms with Gasteiger partial charge in [-0.3, -0.25) is 38.7 Å². The van der Waals surface area contributed by atoms with Crippen molar-refractivity contribution in [1.82, 2.24) is 24.9 Å². The number of hydrogen-bond donors (Lipinski definition) is 1. The molecule has 1 aliphatic carbocycles. The van der Waals surface area contributed by atoms with Gasteiger partial charge in [0.1, 0.15) is 23.7 Å². The zero-order chi connectivity index (χ0) is 41.1. The van der Waals surface area contributed by atoms with Crippen LogP contribution in [-0.4, -0.2) is 117 Å². The van der Waals surface area contributed by atoms with Gasteiger partial charge in [0.2, 0.25) is 5.91 Å². The molecule has 3 atom stereocenters. The molecule has 0 radical (unpaired) electrons. The molecule has 2 bridgehead atoms. The van der Waals surface area contributed by atoms with Crippen molar-refractivity contribution in [2.75, 3.05) is 42.5 Å². The van der Waals surface area contributed by atoms with E-state index >= 15 is 4.39 Å². The number of carbonyl (C=O) groups is 5. The van der Waals surface area contributed by atoms with Gasteiger partial charge in [-0.1, -0.05) is 11.6 Å². The van der Waals surface area contributed by atoms with Gasteiger partial charge in [0.25, 0.3) is 23.6 Å². The van der Waals surface area contributed by atoms with Crippen molar-refractivity contribution in [2.45, 2.75) is 88.1 Å². The molecule has 10 rings (SSSR count). The third kappa shape index (κ3) is 7.14. The van der Waals surface area contributed by atoms with Crippen LogP contribution in [0.3, 0.4) is 0 Å². The summed E-state index contributed by atoms with van der Waals surface area (Å²) < 4.78 is 22.0. The number of carbonyl (C=O) groups excluding carboxylic acids is 5. The lowest BCUT2D eigenvalue weighted by Crippen LogP contribution is -2.69. The maximum atomic E-state index is 15.9. The molecule has 1 saturated carbocycles. The first-order valence-corrected chi connectivity index (χ1v) is 20.7. The summed E-state index contributed by atoms with van der Waals surface area (Å²) >= 11 is 6.17. The predicted octanol–water partition coefficient (Wildman–Crippen LogP) is 3.92. The summed E-state index contributed by atoms with van der Waals surface area (Å²) in [5.74, 6) is -1.77. The summed E-state index contributed by atoms with van der Waals surface area (Å²) in [6, 6.07) is 11.7. The lowest BCUT2D eigenvalue weighted by molar-refractivity contribution is -0.155. The SMILES string of the molecule is N#Cc1ccc(OC2CCC(N3C(=O)CC[C@@H](N4C(=O)c5cc(F)c(N6C[C@H]7C[C@H](C6)N7CC6CCN(c7ccc(C(N)=O)nn7)CC6)cc5C4=O)C3=O)CC2)cc1Cl. The number of aromatic nitrogens is 2. The van der Waals surface area contributed by atoms with E-state index in [0.29, 0.717) is 61.0 Å². The number of anilines is 2. The van der Waals surface area contributed by atoms with Gasteiger partial charge in [0.15, 0.2) is 11.5 Å². The molecule has 7 heterocycles. The van der Waals surface area contributed by atoms with Crippen LogP contribution in [0.4, 0.5) is 15.9 Å². The number of nitrogens with two attached hydrogens (primary N) is 1. The van der Waals surface area contributed by atoms with Gasteiger partial charge in [-0.25, -0.2) is 4.39 Å². The Morgan fingerprint density at radius 1 is 0.864 bits per heavy atom. The molecule has 306 valence electrons. The largest absolute Gasteiger partial charge is 0.490 e. The third-order valence-corrected chi connectivity index (χ3v) is 13.4. The fourth-order valence-electron chi connectivity index (χ4n) is 9.93. The molecule has 3 aromatic rings.